The minimum atomic E-state index is -0.343. The van der Waals surface area contributed by atoms with Crippen molar-refractivity contribution in [1.82, 2.24) is 14.9 Å². The van der Waals surface area contributed by atoms with Crippen LogP contribution in [-0.2, 0) is 6.42 Å². The highest BCUT2D eigenvalue weighted by Crippen LogP contribution is 2.26. The highest BCUT2D eigenvalue weighted by molar-refractivity contribution is 5.94. The van der Waals surface area contributed by atoms with E-state index in [-0.39, 0.29) is 11.7 Å². The van der Waals surface area contributed by atoms with E-state index in [0.717, 1.165) is 34.2 Å². The topological polar surface area (TPSA) is 58.6 Å². The largest absolute Gasteiger partial charge is 0.497 e. The van der Waals surface area contributed by atoms with E-state index in [2.05, 4.69) is 16.0 Å². The van der Waals surface area contributed by atoms with Gasteiger partial charge in [0.25, 0.3) is 5.91 Å². The molecule has 0 aliphatic carbocycles. The molecular weight excluding hydrogens is 407 g/mol. The van der Waals surface area contributed by atoms with E-state index in [4.69, 9.17) is 9.72 Å². The van der Waals surface area contributed by atoms with Crippen LogP contribution in [-0.4, -0.2) is 54.1 Å². The van der Waals surface area contributed by atoms with Gasteiger partial charge in [-0.15, -0.1) is 0 Å². The Kier molecular flexibility index (Phi) is 6.35. The van der Waals surface area contributed by atoms with E-state index in [1.165, 1.54) is 24.3 Å². The fraction of sp³-hybridized carbons (Fsp3) is 0.320. The van der Waals surface area contributed by atoms with Crippen LogP contribution in [0.15, 0.2) is 48.5 Å². The van der Waals surface area contributed by atoms with Crippen molar-refractivity contribution in [2.45, 2.75) is 20.3 Å². The van der Waals surface area contributed by atoms with Gasteiger partial charge < -0.3 is 14.5 Å². The van der Waals surface area contributed by atoms with Crippen LogP contribution < -0.4 is 9.64 Å². The summed E-state index contributed by atoms with van der Waals surface area (Å²) in [7, 11) is 1.66. The Balaban J connectivity index is 1.52. The number of methoxy groups -OCH3 is 1. The van der Waals surface area contributed by atoms with Gasteiger partial charge in [0.15, 0.2) is 0 Å². The van der Waals surface area contributed by atoms with Gasteiger partial charge in [-0.05, 0) is 55.8 Å². The molecule has 0 saturated carbocycles. The standard InChI is InChI=1S/C25H27FN4O2/c1-17-23(16-19-5-4-6-22(15-19)32-3)24(28-18(2)27-17)29-11-13-30(14-12-29)25(31)20-7-9-21(26)10-8-20/h4-10,15H,11-14,16H2,1-3H3. The lowest BCUT2D eigenvalue weighted by Crippen LogP contribution is -2.49. The molecule has 2 heterocycles. The first-order valence-electron chi connectivity index (χ1n) is 10.7. The minimum absolute atomic E-state index is 0.0729. The molecule has 1 amide bonds. The molecule has 32 heavy (non-hydrogen) atoms. The number of benzene rings is 2. The minimum Gasteiger partial charge on any atom is -0.497 e. The second-order valence-electron chi connectivity index (χ2n) is 7.97. The number of halogens is 1. The zero-order valence-electron chi connectivity index (χ0n) is 18.6. The number of piperazine rings is 1. The Labute approximate surface area is 187 Å². The number of rotatable bonds is 5. The van der Waals surface area contributed by atoms with E-state index in [1.54, 1.807) is 7.11 Å². The van der Waals surface area contributed by atoms with Gasteiger partial charge in [0, 0.05) is 49.4 Å². The van der Waals surface area contributed by atoms with Gasteiger partial charge in [-0.1, -0.05) is 12.1 Å². The zero-order valence-corrected chi connectivity index (χ0v) is 18.6. The highest BCUT2D eigenvalue weighted by Gasteiger charge is 2.25. The summed E-state index contributed by atoms with van der Waals surface area (Å²) in [5.41, 5.74) is 3.68. The number of nitrogens with zero attached hydrogens (tertiary/aromatic N) is 4. The SMILES string of the molecule is COc1cccc(Cc2c(C)nc(C)nc2N2CCN(C(=O)c3ccc(F)cc3)CC2)c1. The number of hydrogen-bond acceptors (Lipinski definition) is 5. The average Bonchev–Trinajstić information content (AvgIpc) is 2.81. The molecule has 1 fully saturated rings. The van der Waals surface area contributed by atoms with Crippen LogP contribution >= 0.6 is 0 Å². The molecular formula is C25H27FN4O2. The van der Waals surface area contributed by atoms with E-state index in [1.807, 2.05) is 36.9 Å². The first-order valence-corrected chi connectivity index (χ1v) is 10.7. The number of amides is 1. The Hall–Kier alpha value is -3.48. The van der Waals surface area contributed by atoms with Gasteiger partial charge in [-0.3, -0.25) is 4.79 Å². The molecule has 3 aromatic rings. The molecule has 2 aromatic carbocycles. The number of anilines is 1. The normalized spacial score (nSPS) is 13.9. The number of carbonyl (C=O) groups is 1. The lowest BCUT2D eigenvalue weighted by Gasteiger charge is -2.36. The van der Waals surface area contributed by atoms with Crippen LogP contribution in [0.25, 0.3) is 0 Å². The van der Waals surface area contributed by atoms with Gasteiger partial charge in [0.2, 0.25) is 0 Å². The number of ether oxygens (including phenoxy) is 1. The van der Waals surface area contributed by atoms with Crippen molar-refractivity contribution in [3.63, 3.8) is 0 Å². The molecule has 7 heteroatoms. The molecule has 0 N–H and O–H groups in total. The Bertz CT molecular complexity index is 1110. The molecule has 166 valence electrons. The highest BCUT2D eigenvalue weighted by atomic mass is 19.1. The van der Waals surface area contributed by atoms with Crippen LogP contribution in [0.5, 0.6) is 5.75 Å². The number of aromatic nitrogens is 2. The molecule has 1 aromatic heterocycles. The average molecular weight is 435 g/mol. The molecule has 1 aliphatic heterocycles. The Morgan fingerprint density at radius 2 is 1.75 bits per heavy atom. The third-order valence-electron chi connectivity index (χ3n) is 5.78. The van der Waals surface area contributed by atoms with Crippen molar-refractivity contribution < 1.29 is 13.9 Å². The van der Waals surface area contributed by atoms with Gasteiger partial charge in [0.1, 0.15) is 23.2 Å². The molecule has 0 bridgehead atoms. The van der Waals surface area contributed by atoms with E-state index >= 15 is 0 Å². The van der Waals surface area contributed by atoms with Crippen molar-refractivity contribution in [3.8, 4) is 5.75 Å². The molecule has 0 unspecified atom stereocenters. The summed E-state index contributed by atoms with van der Waals surface area (Å²) in [6.07, 6.45) is 0.702. The maximum absolute atomic E-state index is 13.2. The summed E-state index contributed by atoms with van der Waals surface area (Å²) >= 11 is 0. The molecule has 6 nitrogen and oxygen atoms in total. The van der Waals surface area contributed by atoms with Crippen molar-refractivity contribution in [1.29, 1.82) is 0 Å². The summed E-state index contributed by atoms with van der Waals surface area (Å²) in [5.74, 6) is 2.06. The predicted octanol–water partition coefficient (Wildman–Crippen LogP) is 3.79. The van der Waals surface area contributed by atoms with Gasteiger partial charge in [-0.2, -0.15) is 0 Å². The molecule has 1 aliphatic rings. The van der Waals surface area contributed by atoms with Crippen molar-refractivity contribution in [2.75, 3.05) is 38.2 Å². The fourth-order valence-corrected chi connectivity index (χ4v) is 4.07. The summed E-state index contributed by atoms with van der Waals surface area (Å²) in [5, 5.41) is 0. The predicted molar refractivity (Wildman–Crippen MR) is 122 cm³/mol. The quantitative estimate of drug-likeness (QED) is 0.612. The van der Waals surface area contributed by atoms with Crippen molar-refractivity contribution in [3.05, 3.63) is 82.6 Å². The third-order valence-corrected chi connectivity index (χ3v) is 5.78. The van der Waals surface area contributed by atoms with Crippen molar-refractivity contribution in [2.24, 2.45) is 0 Å². The summed E-state index contributed by atoms with van der Waals surface area (Å²) in [6, 6.07) is 13.7. The maximum Gasteiger partial charge on any atom is 0.253 e. The lowest BCUT2D eigenvalue weighted by atomic mass is 10.0. The second-order valence-corrected chi connectivity index (χ2v) is 7.97. The number of hydrogen-bond donors (Lipinski definition) is 0. The summed E-state index contributed by atoms with van der Waals surface area (Å²) in [4.78, 5) is 26.2. The Morgan fingerprint density at radius 1 is 1.03 bits per heavy atom. The van der Waals surface area contributed by atoms with Crippen LogP contribution in [0.2, 0.25) is 0 Å². The summed E-state index contributed by atoms with van der Waals surface area (Å²) < 4.78 is 18.5. The fourth-order valence-electron chi connectivity index (χ4n) is 4.07. The second kappa shape index (κ2) is 9.34. The maximum atomic E-state index is 13.2. The first kappa shape index (κ1) is 21.7. The van der Waals surface area contributed by atoms with Crippen LogP contribution in [0.3, 0.4) is 0 Å². The van der Waals surface area contributed by atoms with Gasteiger partial charge >= 0.3 is 0 Å². The number of carbonyl (C=O) groups excluding carboxylic acids is 1. The summed E-state index contributed by atoms with van der Waals surface area (Å²) in [6.45, 7) is 6.43. The molecule has 4 rings (SSSR count). The van der Waals surface area contributed by atoms with E-state index < -0.39 is 0 Å². The molecule has 0 radical (unpaired) electrons. The van der Waals surface area contributed by atoms with Crippen LogP contribution in [0.1, 0.15) is 33.0 Å². The zero-order chi connectivity index (χ0) is 22.7. The molecule has 1 saturated heterocycles. The van der Waals surface area contributed by atoms with E-state index in [0.29, 0.717) is 38.2 Å². The van der Waals surface area contributed by atoms with Crippen molar-refractivity contribution >= 4 is 11.7 Å². The smallest absolute Gasteiger partial charge is 0.253 e. The third kappa shape index (κ3) is 4.72. The first-order chi connectivity index (χ1) is 15.4. The number of aryl methyl sites for hydroxylation is 2. The van der Waals surface area contributed by atoms with Gasteiger partial charge in [0.05, 0.1) is 7.11 Å². The van der Waals surface area contributed by atoms with Crippen LogP contribution in [0.4, 0.5) is 10.2 Å². The molecule has 0 atom stereocenters. The monoisotopic (exact) mass is 434 g/mol. The molecule has 0 spiro atoms. The van der Waals surface area contributed by atoms with Crippen LogP contribution in [0, 0.1) is 19.7 Å². The Morgan fingerprint density at radius 3 is 2.44 bits per heavy atom. The van der Waals surface area contributed by atoms with E-state index in [9.17, 15) is 9.18 Å². The van der Waals surface area contributed by atoms with Gasteiger partial charge in [-0.25, -0.2) is 14.4 Å². The lowest BCUT2D eigenvalue weighted by molar-refractivity contribution is 0.0746.